The zero-order valence-corrected chi connectivity index (χ0v) is 17.5. The predicted octanol–water partition coefficient (Wildman–Crippen LogP) is 4.63. The van der Waals surface area contributed by atoms with Crippen LogP contribution in [0.25, 0.3) is 23.0 Å². The first-order valence-corrected chi connectivity index (χ1v) is 9.86. The number of carbonyl (C=O) groups excluding carboxylic acids is 1. The summed E-state index contributed by atoms with van der Waals surface area (Å²) < 4.78 is 7.35. The van der Waals surface area contributed by atoms with Crippen molar-refractivity contribution >= 4 is 23.6 Å². The van der Waals surface area contributed by atoms with E-state index >= 15 is 0 Å². The van der Waals surface area contributed by atoms with E-state index in [1.54, 1.807) is 23.0 Å². The van der Waals surface area contributed by atoms with Crippen molar-refractivity contribution in [2.75, 3.05) is 13.7 Å². The Morgan fingerprint density at radius 3 is 2.70 bits per heavy atom. The van der Waals surface area contributed by atoms with Crippen molar-refractivity contribution in [2.24, 2.45) is 0 Å². The molecule has 2 aromatic carbocycles. The van der Waals surface area contributed by atoms with Crippen molar-refractivity contribution < 1.29 is 9.53 Å². The molecule has 3 aromatic rings. The molecule has 7 heteroatoms. The minimum absolute atomic E-state index is 0.0136. The van der Waals surface area contributed by atoms with E-state index in [9.17, 15) is 10.1 Å². The van der Waals surface area contributed by atoms with Crippen LogP contribution < -0.4 is 10.1 Å². The van der Waals surface area contributed by atoms with Crippen LogP contribution in [0.5, 0.6) is 5.75 Å². The fraction of sp³-hybridized carbons (Fsp3) is 0.174. The van der Waals surface area contributed by atoms with Gasteiger partial charge in [-0.25, -0.2) is 4.68 Å². The average Bonchev–Trinajstić information content (AvgIpc) is 3.20. The molecule has 0 unspecified atom stereocenters. The van der Waals surface area contributed by atoms with Gasteiger partial charge in [-0.05, 0) is 42.8 Å². The Balaban J connectivity index is 2.12. The third-order valence-electron chi connectivity index (χ3n) is 4.32. The molecule has 1 aromatic heterocycles. The van der Waals surface area contributed by atoms with Crippen LogP contribution in [0.15, 0.2) is 60.3 Å². The maximum absolute atomic E-state index is 12.0. The second kappa shape index (κ2) is 9.77. The Bertz CT molecular complexity index is 1110. The smallest absolute Gasteiger partial charge is 0.261 e. The molecule has 0 atom stereocenters. The van der Waals surface area contributed by atoms with E-state index in [1.165, 1.54) is 13.1 Å². The fourth-order valence-corrected chi connectivity index (χ4v) is 3.08. The monoisotopic (exact) mass is 420 g/mol. The Labute approximate surface area is 180 Å². The number of rotatable bonds is 7. The van der Waals surface area contributed by atoms with Crippen LogP contribution in [0, 0.1) is 11.3 Å². The number of nitrogens with one attached hydrogen (secondary N) is 1. The summed E-state index contributed by atoms with van der Waals surface area (Å²) in [5.41, 5.74) is 2.81. The first-order chi connectivity index (χ1) is 14.6. The van der Waals surface area contributed by atoms with E-state index < -0.39 is 5.91 Å². The lowest BCUT2D eigenvalue weighted by Gasteiger charge is -2.08. The molecule has 0 spiro atoms. The Morgan fingerprint density at radius 1 is 1.30 bits per heavy atom. The summed E-state index contributed by atoms with van der Waals surface area (Å²) in [7, 11) is 1.48. The molecule has 0 aliphatic rings. The Hall–Kier alpha value is -3.56. The van der Waals surface area contributed by atoms with Crippen LogP contribution in [-0.2, 0) is 4.79 Å². The number of para-hydroxylation sites is 1. The highest BCUT2D eigenvalue weighted by atomic mass is 35.5. The van der Waals surface area contributed by atoms with E-state index in [4.69, 9.17) is 16.3 Å². The summed E-state index contributed by atoms with van der Waals surface area (Å²) in [4.78, 5) is 12.0. The fourth-order valence-electron chi connectivity index (χ4n) is 2.85. The zero-order chi connectivity index (χ0) is 21.5. The minimum Gasteiger partial charge on any atom is -0.492 e. The van der Waals surface area contributed by atoms with Gasteiger partial charge in [-0.1, -0.05) is 36.7 Å². The highest BCUT2D eigenvalue weighted by molar-refractivity contribution is 6.32. The van der Waals surface area contributed by atoms with Gasteiger partial charge in [0.25, 0.3) is 5.91 Å². The molecule has 6 nitrogen and oxygen atoms in total. The van der Waals surface area contributed by atoms with Gasteiger partial charge in [0.05, 0.1) is 17.3 Å². The number of nitrogens with zero attached hydrogens (tertiary/aromatic N) is 3. The molecule has 3 rings (SSSR count). The molecule has 152 valence electrons. The summed E-state index contributed by atoms with van der Waals surface area (Å²) >= 11 is 6.41. The van der Waals surface area contributed by atoms with E-state index in [1.807, 2.05) is 49.4 Å². The Kier molecular flexibility index (Phi) is 6.89. The van der Waals surface area contributed by atoms with Crippen LogP contribution >= 0.6 is 11.6 Å². The summed E-state index contributed by atoms with van der Waals surface area (Å²) in [6.45, 7) is 2.60. The summed E-state index contributed by atoms with van der Waals surface area (Å²) in [6.07, 6.45) is 4.18. The molecule has 0 saturated heterocycles. The maximum atomic E-state index is 12.0. The molecule has 0 aliphatic heterocycles. The second-order valence-electron chi connectivity index (χ2n) is 6.46. The number of carbonyl (C=O) groups is 1. The third kappa shape index (κ3) is 4.70. The number of nitriles is 1. The van der Waals surface area contributed by atoms with Crippen LogP contribution in [0.3, 0.4) is 0 Å². The van der Waals surface area contributed by atoms with E-state index in [0.29, 0.717) is 28.6 Å². The van der Waals surface area contributed by atoms with E-state index in [2.05, 4.69) is 10.4 Å². The number of amides is 1. The Morgan fingerprint density at radius 2 is 2.07 bits per heavy atom. The lowest BCUT2D eigenvalue weighted by molar-refractivity contribution is -0.116. The average molecular weight is 421 g/mol. The van der Waals surface area contributed by atoms with Gasteiger partial charge in [-0.15, -0.1) is 0 Å². The van der Waals surface area contributed by atoms with Crippen LogP contribution in [-0.4, -0.2) is 29.3 Å². The molecule has 0 saturated carbocycles. The van der Waals surface area contributed by atoms with Crippen molar-refractivity contribution in [1.29, 1.82) is 5.26 Å². The number of hydrogen-bond acceptors (Lipinski definition) is 4. The standard InChI is InChI=1S/C23H21ClN4O2/c1-3-11-30-21-10-9-16(13-20(21)24)22-18(12-17(14-25)23(29)26-2)15-28(27-22)19-7-5-4-6-8-19/h4-10,12-13,15H,3,11H2,1-2H3,(H,26,29)/b17-12-. The number of benzene rings is 2. The van der Waals surface area contributed by atoms with Gasteiger partial charge in [0.2, 0.25) is 0 Å². The van der Waals surface area contributed by atoms with Gasteiger partial charge in [0.1, 0.15) is 23.1 Å². The number of ether oxygens (including phenoxy) is 1. The highest BCUT2D eigenvalue weighted by Gasteiger charge is 2.15. The topological polar surface area (TPSA) is 79.9 Å². The van der Waals surface area contributed by atoms with Crippen molar-refractivity contribution in [3.63, 3.8) is 0 Å². The molecule has 0 radical (unpaired) electrons. The zero-order valence-electron chi connectivity index (χ0n) is 16.7. The largest absolute Gasteiger partial charge is 0.492 e. The number of hydrogen-bond donors (Lipinski definition) is 1. The molecular formula is C23H21ClN4O2. The molecule has 1 heterocycles. The van der Waals surface area contributed by atoms with Gasteiger partial charge in [0, 0.05) is 24.4 Å². The van der Waals surface area contributed by atoms with Crippen molar-refractivity contribution in [1.82, 2.24) is 15.1 Å². The summed E-state index contributed by atoms with van der Waals surface area (Å²) in [5.74, 6) is 0.141. The van der Waals surface area contributed by atoms with Crippen molar-refractivity contribution in [3.8, 4) is 28.8 Å². The highest BCUT2D eigenvalue weighted by Crippen LogP contribution is 2.32. The quantitative estimate of drug-likeness (QED) is 0.446. The molecule has 0 bridgehead atoms. The van der Waals surface area contributed by atoms with Crippen molar-refractivity contribution in [2.45, 2.75) is 13.3 Å². The van der Waals surface area contributed by atoms with Crippen molar-refractivity contribution in [3.05, 3.63) is 70.9 Å². The van der Waals surface area contributed by atoms with Gasteiger partial charge in [-0.3, -0.25) is 4.79 Å². The van der Waals surface area contributed by atoms with E-state index in [0.717, 1.165) is 17.7 Å². The second-order valence-corrected chi connectivity index (χ2v) is 6.86. The molecule has 1 amide bonds. The van der Waals surface area contributed by atoms with Crippen LogP contribution in [0.2, 0.25) is 5.02 Å². The third-order valence-corrected chi connectivity index (χ3v) is 4.62. The van der Waals surface area contributed by atoms with Crippen LogP contribution in [0.1, 0.15) is 18.9 Å². The molecule has 30 heavy (non-hydrogen) atoms. The molecule has 0 aliphatic carbocycles. The molecule has 0 fully saturated rings. The van der Waals surface area contributed by atoms with E-state index in [-0.39, 0.29) is 5.57 Å². The summed E-state index contributed by atoms with van der Waals surface area (Å²) in [6, 6.07) is 16.9. The van der Waals surface area contributed by atoms with Gasteiger partial charge in [0.15, 0.2) is 0 Å². The minimum atomic E-state index is -0.461. The molecule has 1 N–H and O–H groups in total. The van der Waals surface area contributed by atoms with Gasteiger partial charge >= 0.3 is 0 Å². The SMILES string of the molecule is CCCOc1ccc(-c2nn(-c3ccccc3)cc2/C=C(/C#N)C(=O)NC)cc1Cl. The predicted molar refractivity (Wildman–Crippen MR) is 117 cm³/mol. The maximum Gasteiger partial charge on any atom is 0.261 e. The number of halogens is 1. The first-order valence-electron chi connectivity index (χ1n) is 9.49. The van der Waals surface area contributed by atoms with Crippen LogP contribution in [0.4, 0.5) is 0 Å². The number of likely N-dealkylation sites (N-methyl/N-ethyl adjacent to an activating group) is 1. The summed E-state index contributed by atoms with van der Waals surface area (Å²) in [5, 5.41) is 17.0. The van der Waals surface area contributed by atoms with Gasteiger partial charge in [-0.2, -0.15) is 10.4 Å². The molecular weight excluding hydrogens is 400 g/mol. The first kappa shape index (κ1) is 21.2. The lowest BCUT2D eigenvalue weighted by atomic mass is 10.1. The normalized spacial score (nSPS) is 11.1. The lowest BCUT2D eigenvalue weighted by Crippen LogP contribution is -2.19. The van der Waals surface area contributed by atoms with Gasteiger partial charge < -0.3 is 10.1 Å². The number of aromatic nitrogens is 2.